The van der Waals surface area contributed by atoms with Crippen LogP contribution in [0.3, 0.4) is 0 Å². The Bertz CT molecular complexity index is 473. The van der Waals surface area contributed by atoms with Gasteiger partial charge in [-0.25, -0.2) is 0 Å². The molecule has 0 bridgehead atoms. The van der Waals surface area contributed by atoms with Crippen LogP contribution < -0.4 is 0 Å². The Kier molecular flexibility index (Phi) is 1.55. The quantitative estimate of drug-likeness (QED) is 0.681. The van der Waals surface area contributed by atoms with Gasteiger partial charge in [0.15, 0.2) is 11.3 Å². The molecule has 0 atom stereocenters. The summed E-state index contributed by atoms with van der Waals surface area (Å²) in [6.45, 7) is 1.74. The molecule has 66 valence electrons. The van der Waals surface area contributed by atoms with Gasteiger partial charge in [-0.15, -0.1) is 4.91 Å². The summed E-state index contributed by atoms with van der Waals surface area (Å²) in [5.41, 5.74) is 0.597. The maximum atomic E-state index is 10.4. The smallest absolute Gasteiger partial charge is 0.178 e. The number of hydrogen-bond acceptors (Lipinski definition) is 4. The molecule has 1 heterocycles. The van der Waals surface area contributed by atoms with Crippen LogP contribution in [0.1, 0.15) is 5.76 Å². The molecule has 4 heteroatoms. The Morgan fingerprint density at radius 3 is 2.92 bits per heavy atom. The summed E-state index contributed by atoms with van der Waals surface area (Å²) < 4.78 is 5.19. The average molecular weight is 177 g/mol. The van der Waals surface area contributed by atoms with Gasteiger partial charge in [0.2, 0.25) is 0 Å². The second kappa shape index (κ2) is 2.58. The number of furan rings is 1. The molecule has 1 aromatic carbocycles. The molecule has 0 unspecified atom stereocenters. The molecule has 0 fully saturated rings. The number of phenolic OH excluding ortho intramolecular Hbond substituents is 1. The minimum absolute atomic E-state index is 0.0236. The minimum Gasteiger partial charge on any atom is -0.504 e. The van der Waals surface area contributed by atoms with E-state index >= 15 is 0 Å². The van der Waals surface area contributed by atoms with Crippen LogP contribution >= 0.6 is 0 Å². The number of rotatable bonds is 1. The summed E-state index contributed by atoms with van der Waals surface area (Å²) in [5, 5.41) is 12.7. The third-order valence-corrected chi connectivity index (χ3v) is 1.86. The Balaban J connectivity index is 2.91. The first kappa shape index (κ1) is 7.79. The van der Waals surface area contributed by atoms with Crippen LogP contribution in [0.4, 0.5) is 5.69 Å². The summed E-state index contributed by atoms with van der Waals surface area (Å²) in [6, 6.07) is 4.52. The fourth-order valence-electron chi connectivity index (χ4n) is 1.30. The first-order chi connectivity index (χ1) is 6.22. The molecule has 0 aliphatic carbocycles. The molecule has 2 aromatic rings. The SMILES string of the molecule is Cc1cc2c(N=O)ccc(O)c2o1. The lowest BCUT2D eigenvalue weighted by Gasteiger charge is -1.93. The van der Waals surface area contributed by atoms with Crippen molar-refractivity contribution in [3.63, 3.8) is 0 Å². The summed E-state index contributed by atoms with van der Waals surface area (Å²) in [5.74, 6) is 0.664. The van der Waals surface area contributed by atoms with Crippen molar-refractivity contribution in [1.29, 1.82) is 0 Å². The molecule has 2 rings (SSSR count). The number of aromatic hydroxyl groups is 1. The van der Waals surface area contributed by atoms with E-state index in [0.717, 1.165) is 0 Å². The van der Waals surface area contributed by atoms with Crippen LogP contribution in [-0.4, -0.2) is 5.11 Å². The molecule has 0 saturated heterocycles. The van der Waals surface area contributed by atoms with Gasteiger partial charge in [-0.3, -0.25) is 0 Å². The van der Waals surface area contributed by atoms with Crippen LogP contribution in [0.2, 0.25) is 0 Å². The minimum atomic E-state index is 0.0236. The van der Waals surface area contributed by atoms with Gasteiger partial charge in [-0.2, -0.15) is 0 Å². The fourth-order valence-corrected chi connectivity index (χ4v) is 1.30. The van der Waals surface area contributed by atoms with Crippen molar-refractivity contribution in [3.8, 4) is 5.75 Å². The predicted molar refractivity (Wildman–Crippen MR) is 48.1 cm³/mol. The average Bonchev–Trinajstić information content (AvgIpc) is 2.48. The number of aryl methyl sites for hydroxylation is 1. The lowest BCUT2D eigenvalue weighted by atomic mass is 10.2. The van der Waals surface area contributed by atoms with E-state index in [0.29, 0.717) is 16.7 Å². The molecular formula is C9H7NO3. The number of hydrogen-bond donors (Lipinski definition) is 1. The summed E-state index contributed by atoms with van der Waals surface area (Å²) in [6.07, 6.45) is 0. The first-order valence-corrected chi connectivity index (χ1v) is 3.78. The standard InChI is InChI=1S/C9H7NO3/c1-5-4-6-7(10-12)2-3-8(11)9(6)13-5/h2-4,11H,1H3. The summed E-state index contributed by atoms with van der Waals surface area (Å²) in [4.78, 5) is 10.4. The van der Waals surface area contributed by atoms with E-state index in [1.165, 1.54) is 12.1 Å². The van der Waals surface area contributed by atoms with Gasteiger partial charge in [-0.05, 0) is 30.3 Å². The molecule has 13 heavy (non-hydrogen) atoms. The van der Waals surface area contributed by atoms with Crippen molar-refractivity contribution < 1.29 is 9.52 Å². The zero-order valence-electron chi connectivity index (χ0n) is 6.94. The van der Waals surface area contributed by atoms with E-state index in [4.69, 9.17) is 4.42 Å². The van der Waals surface area contributed by atoms with Gasteiger partial charge in [0.1, 0.15) is 11.4 Å². The van der Waals surface area contributed by atoms with Crippen molar-refractivity contribution in [2.24, 2.45) is 5.18 Å². The number of phenols is 1. The van der Waals surface area contributed by atoms with Gasteiger partial charge in [0.25, 0.3) is 0 Å². The second-order valence-corrected chi connectivity index (χ2v) is 2.79. The number of benzene rings is 1. The van der Waals surface area contributed by atoms with E-state index in [-0.39, 0.29) is 11.4 Å². The van der Waals surface area contributed by atoms with Crippen molar-refractivity contribution in [2.45, 2.75) is 6.92 Å². The van der Waals surface area contributed by atoms with Crippen molar-refractivity contribution in [1.82, 2.24) is 0 Å². The molecule has 1 N–H and O–H groups in total. The lowest BCUT2D eigenvalue weighted by molar-refractivity contribution is 0.461. The molecule has 0 radical (unpaired) electrons. The Morgan fingerprint density at radius 1 is 1.46 bits per heavy atom. The van der Waals surface area contributed by atoms with Crippen LogP contribution in [0.5, 0.6) is 5.75 Å². The molecule has 4 nitrogen and oxygen atoms in total. The molecule has 0 spiro atoms. The monoisotopic (exact) mass is 177 g/mol. The zero-order valence-corrected chi connectivity index (χ0v) is 6.94. The van der Waals surface area contributed by atoms with E-state index in [9.17, 15) is 10.0 Å². The third kappa shape index (κ3) is 1.07. The molecule has 0 saturated carbocycles. The maximum absolute atomic E-state index is 10.4. The second-order valence-electron chi connectivity index (χ2n) is 2.79. The predicted octanol–water partition coefficient (Wildman–Crippen LogP) is 2.84. The first-order valence-electron chi connectivity index (χ1n) is 3.78. The van der Waals surface area contributed by atoms with E-state index in [2.05, 4.69) is 5.18 Å². The Labute approximate surface area is 73.8 Å². The molecule has 0 amide bonds. The van der Waals surface area contributed by atoms with Gasteiger partial charge in [0, 0.05) is 0 Å². The van der Waals surface area contributed by atoms with Gasteiger partial charge < -0.3 is 9.52 Å². The number of fused-ring (bicyclic) bond motifs is 1. The summed E-state index contributed by atoms with van der Waals surface area (Å²) in [7, 11) is 0. The van der Waals surface area contributed by atoms with Crippen molar-refractivity contribution >= 4 is 16.7 Å². The Morgan fingerprint density at radius 2 is 2.23 bits per heavy atom. The highest BCUT2D eigenvalue weighted by atomic mass is 16.4. The van der Waals surface area contributed by atoms with Crippen molar-refractivity contribution in [3.05, 3.63) is 28.9 Å². The highest BCUT2D eigenvalue weighted by Gasteiger charge is 2.10. The largest absolute Gasteiger partial charge is 0.504 e. The van der Waals surface area contributed by atoms with Gasteiger partial charge >= 0.3 is 0 Å². The zero-order chi connectivity index (χ0) is 9.42. The van der Waals surface area contributed by atoms with Crippen LogP contribution in [0.25, 0.3) is 11.0 Å². The Hall–Kier alpha value is -1.84. The number of nitroso groups, excluding NO2 is 1. The third-order valence-electron chi connectivity index (χ3n) is 1.86. The normalized spacial score (nSPS) is 10.5. The topological polar surface area (TPSA) is 62.8 Å². The summed E-state index contributed by atoms with van der Waals surface area (Å²) >= 11 is 0. The van der Waals surface area contributed by atoms with Crippen molar-refractivity contribution in [2.75, 3.05) is 0 Å². The molecule has 0 aliphatic rings. The van der Waals surface area contributed by atoms with Gasteiger partial charge in [0.05, 0.1) is 5.39 Å². The van der Waals surface area contributed by atoms with Crippen LogP contribution in [0.15, 0.2) is 27.8 Å². The molecule has 1 aromatic heterocycles. The molecule has 0 aliphatic heterocycles. The van der Waals surface area contributed by atoms with E-state index in [1.54, 1.807) is 13.0 Å². The fraction of sp³-hybridized carbons (Fsp3) is 0.111. The number of nitrogens with zero attached hydrogens (tertiary/aromatic N) is 1. The van der Waals surface area contributed by atoms with Gasteiger partial charge in [-0.1, -0.05) is 0 Å². The highest BCUT2D eigenvalue weighted by molar-refractivity contribution is 5.93. The highest BCUT2D eigenvalue weighted by Crippen LogP contribution is 2.34. The van der Waals surface area contributed by atoms with E-state index in [1.807, 2.05) is 0 Å². The maximum Gasteiger partial charge on any atom is 0.178 e. The molecular weight excluding hydrogens is 170 g/mol. The lowest BCUT2D eigenvalue weighted by Crippen LogP contribution is -1.67. The van der Waals surface area contributed by atoms with Crippen LogP contribution in [-0.2, 0) is 0 Å². The van der Waals surface area contributed by atoms with Crippen LogP contribution in [0, 0.1) is 11.8 Å². The van der Waals surface area contributed by atoms with E-state index < -0.39 is 0 Å².